The Kier molecular flexibility index (Phi) is 5.56. The van der Waals surface area contributed by atoms with Gasteiger partial charge in [-0.1, -0.05) is 0 Å². The molecule has 18 heavy (non-hydrogen) atoms. The number of aromatic nitrogens is 2. The van der Waals surface area contributed by atoms with Gasteiger partial charge in [-0.2, -0.15) is 0 Å². The zero-order valence-corrected chi connectivity index (χ0v) is 10.4. The van der Waals surface area contributed by atoms with E-state index in [0.29, 0.717) is 25.3 Å². The van der Waals surface area contributed by atoms with Crippen LogP contribution in [0.4, 0.5) is 5.82 Å². The number of nitrogens with zero attached hydrogens (tertiary/aromatic N) is 2. The summed E-state index contributed by atoms with van der Waals surface area (Å²) >= 11 is 0. The third-order valence-corrected chi connectivity index (χ3v) is 2.06. The highest BCUT2D eigenvalue weighted by Crippen LogP contribution is 2.03. The molecule has 0 saturated heterocycles. The van der Waals surface area contributed by atoms with E-state index in [9.17, 15) is 9.59 Å². The van der Waals surface area contributed by atoms with Gasteiger partial charge in [0.25, 0.3) is 0 Å². The molecule has 1 rings (SSSR count). The van der Waals surface area contributed by atoms with Crippen LogP contribution in [0, 0.1) is 0 Å². The van der Waals surface area contributed by atoms with Crippen molar-refractivity contribution in [2.45, 2.75) is 13.3 Å². The van der Waals surface area contributed by atoms with Crippen molar-refractivity contribution in [3.63, 3.8) is 0 Å². The van der Waals surface area contributed by atoms with E-state index in [1.807, 2.05) is 6.92 Å². The molecule has 0 bridgehead atoms. The number of rotatable bonds is 6. The Morgan fingerprint density at radius 3 is 2.83 bits per heavy atom. The summed E-state index contributed by atoms with van der Waals surface area (Å²) in [6.07, 6.45) is 3.13. The highest BCUT2D eigenvalue weighted by molar-refractivity contribution is 5.87. The lowest BCUT2D eigenvalue weighted by Crippen LogP contribution is -2.25. The molecule has 0 unspecified atom stereocenters. The Labute approximate surface area is 105 Å². The summed E-state index contributed by atoms with van der Waals surface area (Å²) in [5, 5.41) is 5.59. The molecule has 7 nitrogen and oxygen atoms in total. The molecular weight excluding hydrogens is 236 g/mol. The van der Waals surface area contributed by atoms with Gasteiger partial charge in [0.15, 0.2) is 5.69 Å². The average Bonchev–Trinajstić information content (AvgIpc) is 2.38. The SMILES string of the molecule is CCNC(=O)CCNc1cncc(C(=O)OC)n1. The van der Waals surface area contributed by atoms with Gasteiger partial charge < -0.3 is 15.4 Å². The highest BCUT2D eigenvalue weighted by atomic mass is 16.5. The van der Waals surface area contributed by atoms with Crippen LogP contribution in [0.2, 0.25) is 0 Å². The van der Waals surface area contributed by atoms with E-state index in [0.717, 1.165) is 0 Å². The predicted octanol–water partition coefficient (Wildman–Crippen LogP) is 0.201. The number of hydrogen-bond acceptors (Lipinski definition) is 6. The molecule has 0 atom stereocenters. The monoisotopic (exact) mass is 252 g/mol. The summed E-state index contributed by atoms with van der Waals surface area (Å²) in [5.41, 5.74) is 0.125. The largest absolute Gasteiger partial charge is 0.464 e. The van der Waals surface area contributed by atoms with Crippen molar-refractivity contribution in [2.24, 2.45) is 0 Å². The normalized spacial score (nSPS) is 9.67. The minimum atomic E-state index is -0.546. The first-order valence-electron chi connectivity index (χ1n) is 5.58. The number of carbonyl (C=O) groups is 2. The van der Waals surface area contributed by atoms with Crippen LogP contribution >= 0.6 is 0 Å². The van der Waals surface area contributed by atoms with Gasteiger partial charge in [-0.05, 0) is 6.92 Å². The van der Waals surface area contributed by atoms with Gasteiger partial charge in [-0.25, -0.2) is 9.78 Å². The summed E-state index contributed by atoms with van der Waals surface area (Å²) in [5.74, 6) is -0.154. The molecule has 7 heteroatoms. The first kappa shape index (κ1) is 13.9. The second-order valence-electron chi connectivity index (χ2n) is 3.41. The fraction of sp³-hybridized carbons (Fsp3) is 0.455. The lowest BCUT2D eigenvalue weighted by Gasteiger charge is -2.06. The fourth-order valence-corrected chi connectivity index (χ4v) is 1.24. The van der Waals surface area contributed by atoms with E-state index in [4.69, 9.17) is 0 Å². The average molecular weight is 252 g/mol. The Morgan fingerprint density at radius 2 is 2.17 bits per heavy atom. The molecule has 0 aromatic carbocycles. The van der Waals surface area contributed by atoms with Gasteiger partial charge in [0, 0.05) is 19.5 Å². The fourth-order valence-electron chi connectivity index (χ4n) is 1.24. The van der Waals surface area contributed by atoms with Crippen molar-refractivity contribution >= 4 is 17.7 Å². The topological polar surface area (TPSA) is 93.2 Å². The van der Waals surface area contributed by atoms with Crippen LogP contribution in [0.15, 0.2) is 12.4 Å². The number of nitrogens with one attached hydrogen (secondary N) is 2. The third kappa shape index (κ3) is 4.36. The van der Waals surface area contributed by atoms with Crippen molar-refractivity contribution < 1.29 is 14.3 Å². The smallest absolute Gasteiger partial charge is 0.358 e. The quantitative estimate of drug-likeness (QED) is 0.702. The standard InChI is InChI=1S/C11H16N4O3/c1-3-13-10(16)4-5-14-9-7-12-6-8(15-9)11(17)18-2/h6-7H,3-5H2,1-2H3,(H,13,16)(H,14,15). The molecule has 1 aromatic heterocycles. The number of amides is 1. The van der Waals surface area contributed by atoms with Crippen LogP contribution < -0.4 is 10.6 Å². The maximum absolute atomic E-state index is 11.2. The van der Waals surface area contributed by atoms with Crippen LogP contribution in [0.25, 0.3) is 0 Å². The second-order valence-corrected chi connectivity index (χ2v) is 3.41. The Morgan fingerprint density at radius 1 is 1.39 bits per heavy atom. The van der Waals surface area contributed by atoms with E-state index in [-0.39, 0.29) is 11.6 Å². The molecule has 0 aliphatic rings. The number of carbonyl (C=O) groups excluding carboxylic acids is 2. The second kappa shape index (κ2) is 7.21. The predicted molar refractivity (Wildman–Crippen MR) is 65.2 cm³/mol. The zero-order valence-electron chi connectivity index (χ0n) is 10.4. The lowest BCUT2D eigenvalue weighted by atomic mass is 10.4. The molecule has 0 fully saturated rings. The molecule has 2 N–H and O–H groups in total. The maximum atomic E-state index is 11.2. The van der Waals surface area contributed by atoms with Crippen molar-refractivity contribution in [2.75, 3.05) is 25.5 Å². The van der Waals surface area contributed by atoms with Crippen molar-refractivity contribution in [3.8, 4) is 0 Å². The van der Waals surface area contributed by atoms with Crippen molar-refractivity contribution in [1.29, 1.82) is 0 Å². The first-order chi connectivity index (χ1) is 8.67. The van der Waals surface area contributed by atoms with Gasteiger partial charge in [-0.15, -0.1) is 0 Å². The summed E-state index contributed by atoms with van der Waals surface area (Å²) in [6, 6.07) is 0. The minimum absolute atomic E-state index is 0.0397. The molecular formula is C11H16N4O3. The van der Waals surface area contributed by atoms with Crippen LogP contribution in [0.3, 0.4) is 0 Å². The van der Waals surface area contributed by atoms with Gasteiger partial charge >= 0.3 is 5.97 Å². The molecule has 98 valence electrons. The maximum Gasteiger partial charge on any atom is 0.358 e. The van der Waals surface area contributed by atoms with Crippen molar-refractivity contribution in [1.82, 2.24) is 15.3 Å². The molecule has 0 radical (unpaired) electrons. The van der Waals surface area contributed by atoms with Crippen LogP contribution in [0.5, 0.6) is 0 Å². The van der Waals surface area contributed by atoms with Gasteiger partial charge in [-0.3, -0.25) is 9.78 Å². The van der Waals surface area contributed by atoms with E-state index in [2.05, 4.69) is 25.3 Å². The molecule has 1 heterocycles. The van der Waals surface area contributed by atoms with E-state index >= 15 is 0 Å². The lowest BCUT2D eigenvalue weighted by molar-refractivity contribution is -0.120. The van der Waals surface area contributed by atoms with Crippen molar-refractivity contribution in [3.05, 3.63) is 18.1 Å². The number of anilines is 1. The van der Waals surface area contributed by atoms with Gasteiger partial charge in [0.05, 0.1) is 19.5 Å². The van der Waals surface area contributed by atoms with E-state index in [1.165, 1.54) is 19.5 Å². The molecule has 0 aliphatic carbocycles. The van der Waals surface area contributed by atoms with Gasteiger partial charge in [0.2, 0.25) is 5.91 Å². The van der Waals surface area contributed by atoms with Crippen LogP contribution in [0.1, 0.15) is 23.8 Å². The summed E-state index contributed by atoms with van der Waals surface area (Å²) in [4.78, 5) is 30.3. The molecule has 0 spiro atoms. The van der Waals surface area contributed by atoms with E-state index in [1.54, 1.807) is 0 Å². The Bertz CT molecular complexity index is 423. The molecule has 1 aromatic rings. The number of hydrogen-bond donors (Lipinski definition) is 2. The Balaban J connectivity index is 2.47. The van der Waals surface area contributed by atoms with Crippen LogP contribution in [-0.2, 0) is 9.53 Å². The summed E-state index contributed by atoms with van der Waals surface area (Å²) < 4.78 is 4.53. The number of ether oxygens (including phenoxy) is 1. The number of methoxy groups -OCH3 is 1. The summed E-state index contributed by atoms with van der Waals surface area (Å²) in [7, 11) is 1.28. The minimum Gasteiger partial charge on any atom is -0.464 e. The van der Waals surface area contributed by atoms with Gasteiger partial charge in [0.1, 0.15) is 5.82 Å². The van der Waals surface area contributed by atoms with Crippen LogP contribution in [-0.4, -0.2) is 42.0 Å². The third-order valence-electron chi connectivity index (χ3n) is 2.06. The highest BCUT2D eigenvalue weighted by Gasteiger charge is 2.08. The zero-order chi connectivity index (χ0) is 13.4. The summed E-state index contributed by atoms with van der Waals surface area (Å²) in [6.45, 7) is 2.89. The van der Waals surface area contributed by atoms with E-state index < -0.39 is 5.97 Å². The molecule has 0 saturated carbocycles. The molecule has 1 amide bonds. The molecule has 0 aliphatic heterocycles. The first-order valence-corrected chi connectivity index (χ1v) is 5.58. The Hall–Kier alpha value is -2.18. The number of esters is 1.